The Labute approximate surface area is 142 Å². The summed E-state index contributed by atoms with van der Waals surface area (Å²) in [6, 6.07) is 5.95. The Bertz CT molecular complexity index is 477. The van der Waals surface area contributed by atoms with E-state index >= 15 is 0 Å². The summed E-state index contributed by atoms with van der Waals surface area (Å²) in [7, 11) is 0. The van der Waals surface area contributed by atoms with E-state index < -0.39 is 5.97 Å². The van der Waals surface area contributed by atoms with Crippen LogP contribution in [0.2, 0.25) is 0 Å². The number of carbonyl (C=O) groups is 1. The van der Waals surface area contributed by atoms with Crippen LogP contribution in [0.25, 0.3) is 0 Å². The first-order valence-corrected chi connectivity index (χ1v) is 8.48. The molecule has 1 aromatic rings. The molecular weight excluding hydrogens is 323 g/mol. The Balaban J connectivity index is 2.78. The predicted molar refractivity (Wildman–Crippen MR) is 93.4 cm³/mol. The molecule has 22 heavy (non-hydrogen) atoms. The van der Waals surface area contributed by atoms with Gasteiger partial charge in [-0.1, -0.05) is 6.07 Å². The molecule has 0 fully saturated rings. The summed E-state index contributed by atoms with van der Waals surface area (Å²) < 4.78 is 0. The normalized spacial score (nSPS) is 12.2. The highest BCUT2D eigenvalue weighted by molar-refractivity contribution is 6.18. The van der Waals surface area contributed by atoms with Crippen molar-refractivity contribution in [2.24, 2.45) is 5.73 Å². The number of nitrogens with two attached hydrogens (primary N) is 1. The third kappa shape index (κ3) is 6.42. The van der Waals surface area contributed by atoms with Crippen molar-refractivity contribution in [1.82, 2.24) is 0 Å². The highest BCUT2D eigenvalue weighted by atomic mass is 35.5. The fourth-order valence-corrected chi connectivity index (χ4v) is 2.77. The Hall–Kier alpha value is -0.970. The van der Waals surface area contributed by atoms with Gasteiger partial charge in [0.2, 0.25) is 0 Å². The van der Waals surface area contributed by atoms with Crippen molar-refractivity contribution in [2.45, 2.75) is 32.2 Å². The second kappa shape index (κ2) is 9.93. The van der Waals surface area contributed by atoms with Gasteiger partial charge < -0.3 is 15.7 Å². The minimum atomic E-state index is -0.853. The molecule has 6 heteroatoms. The SMILES string of the molecule is Cc1ccc(N(CCCl)CCCl)cc1CCC(N)CC(=O)O. The van der Waals surface area contributed by atoms with E-state index in [1.807, 2.05) is 0 Å². The zero-order valence-electron chi connectivity index (χ0n) is 12.9. The van der Waals surface area contributed by atoms with Crippen LogP contribution in [0.3, 0.4) is 0 Å². The minimum Gasteiger partial charge on any atom is -0.481 e. The van der Waals surface area contributed by atoms with E-state index in [9.17, 15) is 4.79 Å². The molecule has 1 unspecified atom stereocenters. The Morgan fingerprint density at radius 2 is 1.95 bits per heavy atom. The number of carboxylic acids is 1. The van der Waals surface area contributed by atoms with Crippen LogP contribution in [0.1, 0.15) is 24.0 Å². The van der Waals surface area contributed by atoms with Gasteiger partial charge in [0.1, 0.15) is 0 Å². The Kier molecular flexibility index (Phi) is 8.61. The Morgan fingerprint density at radius 3 is 2.50 bits per heavy atom. The molecule has 1 aromatic carbocycles. The zero-order chi connectivity index (χ0) is 16.5. The molecule has 1 rings (SSSR count). The maximum Gasteiger partial charge on any atom is 0.304 e. The number of alkyl halides is 2. The molecule has 0 aliphatic rings. The lowest BCUT2D eigenvalue weighted by molar-refractivity contribution is -0.137. The van der Waals surface area contributed by atoms with Crippen molar-refractivity contribution in [3.63, 3.8) is 0 Å². The number of aryl methyl sites for hydroxylation is 2. The molecule has 1 atom stereocenters. The summed E-state index contributed by atoms with van der Waals surface area (Å²) in [4.78, 5) is 12.8. The zero-order valence-corrected chi connectivity index (χ0v) is 14.4. The van der Waals surface area contributed by atoms with Gasteiger partial charge in [0.15, 0.2) is 0 Å². The second-order valence-corrected chi connectivity index (χ2v) is 6.13. The largest absolute Gasteiger partial charge is 0.481 e. The van der Waals surface area contributed by atoms with Crippen LogP contribution in [-0.2, 0) is 11.2 Å². The number of rotatable bonds is 10. The topological polar surface area (TPSA) is 66.6 Å². The number of aliphatic carboxylic acids is 1. The van der Waals surface area contributed by atoms with Crippen LogP contribution in [-0.4, -0.2) is 42.0 Å². The number of benzene rings is 1. The first kappa shape index (κ1) is 19.1. The third-order valence-corrected chi connectivity index (χ3v) is 3.97. The smallest absolute Gasteiger partial charge is 0.304 e. The molecular formula is C16H24Cl2N2O2. The molecule has 124 valence electrons. The highest BCUT2D eigenvalue weighted by Gasteiger charge is 2.11. The number of nitrogens with zero attached hydrogens (tertiary/aromatic N) is 1. The molecule has 0 radical (unpaired) electrons. The molecule has 0 saturated heterocycles. The van der Waals surface area contributed by atoms with Gasteiger partial charge in [-0.15, -0.1) is 23.2 Å². The van der Waals surface area contributed by atoms with E-state index in [0.717, 1.165) is 25.2 Å². The van der Waals surface area contributed by atoms with E-state index in [0.29, 0.717) is 18.2 Å². The monoisotopic (exact) mass is 346 g/mol. The molecule has 3 N–H and O–H groups in total. The van der Waals surface area contributed by atoms with Gasteiger partial charge in [0, 0.05) is 36.6 Å². The summed E-state index contributed by atoms with van der Waals surface area (Å²) in [5.74, 6) is 0.237. The average molecular weight is 347 g/mol. The molecule has 0 spiro atoms. The van der Waals surface area contributed by atoms with Crippen LogP contribution in [0.15, 0.2) is 18.2 Å². The van der Waals surface area contributed by atoms with Crippen molar-refractivity contribution < 1.29 is 9.90 Å². The van der Waals surface area contributed by atoms with Gasteiger partial charge in [0.25, 0.3) is 0 Å². The lowest BCUT2D eigenvalue weighted by Gasteiger charge is -2.24. The maximum atomic E-state index is 10.7. The van der Waals surface area contributed by atoms with Crippen molar-refractivity contribution in [3.8, 4) is 0 Å². The first-order valence-electron chi connectivity index (χ1n) is 7.41. The van der Waals surface area contributed by atoms with Gasteiger partial charge in [-0.3, -0.25) is 4.79 Å². The summed E-state index contributed by atoms with van der Waals surface area (Å²) in [5, 5.41) is 8.76. The van der Waals surface area contributed by atoms with Crippen molar-refractivity contribution in [2.75, 3.05) is 29.7 Å². The fraction of sp³-hybridized carbons (Fsp3) is 0.562. The van der Waals surface area contributed by atoms with Crippen LogP contribution >= 0.6 is 23.2 Å². The summed E-state index contributed by atoms with van der Waals surface area (Å²) in [6.07, 6.45) is 1.43. The fourth-order valence-electron chi connectivity index (χ4n) is 2.37. The first-order chi connectivity index (χ1) is 10.5. The number of carboxylic acid groups (broad SMARTS) is 1. The lowest BCUT2D eigenvalue weighted by Crippen LogP contribution is -2.27. The minimum absolute atomic E-state index is 0.00333. The van der Waals surface area contributed by atoms with Crippen LogP contribution in [0, 0.1) is 6.92 Å². The standard InChI is InChI=1S/C16H24Cl2N2O2/c1-12-2-5-15(20(8-6-17)9-7-18)10-13(12)3-4-14(19)11-16(21)22/h2,5,10,14H,3-4,6-9,11,19H2,1H3,(H,21,22). The van der Waals surface area contributed by atoms with Gasteiger partial charge in [-0.05, 0) is 43.0 Å². The number of anilines is 1. The van der Waals surface area contributed by atoms with E-state index in [1.165, 1.54) is 11.1 Å². The number of hydrogen-bond acceptors (Lipinski definition) is 3. The van der Waals surface area contributed by atoms with Crippen molar-refractivity contribution >= 4 is 34.9 Å². The van der Waals surface area contributed by atoms with Crippen molar-refractivity contribution in [3.05, 3.63) is 29.3 Å². The van der Waals surface area contributed by atoms with Crippen LogP contribution in [0.5, 0.6) is 0 Å². The van der Waals surface area contributed by atoms with E-state index in [4.69, 9.17) is 34.0 Å². The number of hydrogen-bond donors (Lipinski definition) is 2. The molecule has 0 amide bonds. The summed E-state index contributed by atoms with van der Waals surface area (Å²) in [6.45, 7) is 3.54. The van der Waals surface area contributed by atoms with E-state index in [1.54, 1.807) is 0 Å². The quantitative estimate of drug-likeness (QED) is 0.639. The highest BCUT2D eigenvalue weighted by Crippen LogP contribution is 2.21. The lowest BCUT2D eigenvalue weighted by atomic mass is 9.99. The molecule has 0 bridgehead atoms. The van der Waals surface area contributed by atoms with Crippen LogP contribution < -0.4 is 10.6 Å². The van der Waals surface area contributed by atoms with E-state index in [-0.39, 0.29) is 12.5 Å². The van der Waals surface area contributed by atoms with Crippen LogP contribution in [0.4, 0.5) is 5.69 Å². The Morgan fingerprint density at radius 1 is 1.32 bits per heavy atom. The molecule has 0 aliphatic heterocycles. The van der Waals surface area contributed by atoms with Gasteiger partial charge >= 0.3 is 5.97 Å². The third-order valence-electron chi connectivity index (χ3n) is 3.63. The maximum absolute atomic E-state index is 10.7. The average Bonchev–Trinajstić information content (AvgIpc) is 2.45. The van der Waals surface area contributed by atoms with Crippen molar-refractivity contribution in [1.29, 1.82) is 0 Å². The van der Waals surface area contributed by atoms with Gasteiger partial charge in [0.05, 0.1) is 6.42 Å². The molecule has 0 heterocycles. The molecule has 0 aliphatic carbocycles. The molecule has 0 aromatic heterocycles. The second-order valence-electron chi connectivity index (χ2n) is 5.37. The molecule has 4 nitrogen and oxygen atoms in total. The number of halogens is 2. The van der Waals surface area contributed by atoms with Gasteiger partial charge in [-0.25, -0.2) is 0 Å². The van der Waals surface area contributed by atoms with Gasteiger partial charge in [-0.2, -0.15) is 0 Å². The summed E-state index contributed by atoms with van der Waals surface area (Å²) in [5.41, 5.74) is 9.30. The van der Waals surface area contributed by atoms with E-state index in [2.05, 4.69) is 30.0 Å². The molecule has 0 saturated carbocycles. The predicted octanol–water partition coefficient (Wildman–Crippen LogP) is 3.01. The summed E-state index contributed by atoms with van der Waals surface area (Å²) >= 11 is 11.7.